The number of aryl methyl sites for hydroxylation is 1. The van der Waals surface area contributed by atoms with Gasteiger partial charge < -0.3 is 20.9 Å². The van der Waals surface area contributed by atoms with Crippen LogP contribution >= 0.6 is 0 Å². The number of benzene rings is 1. The van der Waals surface area contributed by atoms with Crippen molar-refractivity contribution in [1.29, 1.82) is 0 Å². The molecule has 1 unspecified atom stereocenters. The number of rotatable bonds is 7. The standard InChI is InChI=1S/C31H43N7O3/c1-30(2,3)41-23(39)15-19-10-12-38(13-11-19)18-20-8-7-9-22(14-20)34-28(40)26-24-27(37(6)36-26)25-21(16-31(24,4)5)17-33-29(32)35-25/h7-9,14,17,19,23,39H,10-13,15-16,18H2,1-6H3,(H,34,40)(H2,32,33,35). The summed E-state index contributed by atoms with van der Waals surface area (Å²) in [6.07, 6.45) is 4.47. The van der Waals surface area contributed by atoms with Crippen molar-refractivity contribution < 1.29 is 14.6 Å². The van der Waals surface area contributed by atoms with Crippen molar-refractivity contribution in [3.8, 4) is 11.4 Å². The number of likely N-dealkylation sites (tertiary alicyclic amines) is 1. The third-order valence-corrected chi connectivity index (χ3v) is 8.00. The highest BCUT2D eigenvalue weighted by Crippen LogP contribution is 2.43. The summed E-state index contributed by atoms with van der Waals surface area (Å²) in [4.78, 5) is 24.7. The summed E-state index contributed by atoms with van der Waals surface area (Å²) in [5.74, 6) is 0.418. The highest BCUT2D eigenvalue weighted by Gasteiger charge is 2.39. The van der Waals surface area contributed by atoms with Crippen LogP contribution in [0.2, 0.25) is 0 Å². The van der Waals surface area contributed by atoms with Crippen molar-refractivity contribution in [2.24, 2.45) is 13.0 Å². The van der Waals surface area contributed by atoms with E-state index in [2.05, 4.69) is 45.2 Å². The number of anilines is 2. The SMILES string of the molecule is Cn1nc(C(=O)Nc2cccc(CN3CCC(CC(O)OC(C)(C)C)CC3)c2)c2c1-c1nc(N)ncc1CC2(C)C. The maximum Gasteiger partial charge on any atom is 0.276 e. The molecule has 220 valence electrons. The third-order valence-electron chi connectivity index (χ3n) is 8.00. The average Bonchev–Trinajstić information content (AvgIpc) is 3.24. The number of aromatic nitrogens is 4. The minimum absolute atomic E-state index is 0.204. The number of hydrogen-bond acceptors (Lipinski definition) is 8. The first kappa shape index (κ1) is 29.2. The van der Waals surface area contributed by atoms with Crippen LogP contribution in [0.5, 0.6) is 0 Å². The molecule has 41 heavy (non-hydrogen) atoms. The van der Waals surface area contributed by atoms with Gasteiger partial charge in [0.2, 0.25) is 5.95 Å². The van der Waals surface area contributed by atoms with E-state index < -0.39 is 6.29 Å². The molecule has 1 aromatic carbocycles. The van der Waals surface area contributed by atoms with E-state index in [1.165, 1.54) is 0 Å². The monoisotopic (exact) mass is 561 g/mol. The lowest BCUT2D eigenvalue weighted by atomic mass is 9.73. The van der Waals surface area contributed by atoms with Gasteiger partial charge >= 0.3 is 0 Å². The van der Waals surface area contributed by atoms with E-state index in [4.69, 9.17) is 10.5 Å². The molecule has 3 heterocycles. The van der Waals surface area contributed by atoms with Gasteiger partial charge in [-0.25, -0.2) is 9.97 Å². The number of carbonyl (C=O) groups excluding carboxylic acids is 1. The topological polar surface area (TPSA) is 131 Å². The summed E-state index contributed by atoms with van der Waals surface area (Å²) < 4.78 is 7.42. The van der Waals surface area contributed by atoms with Gasteiger partial charge in [0, 0.05) is 37.5 Å². The number of ether oxygens (including phenoxy) is 1. The molecule has 0 radical (unpaired) electrons. The molecule has 1 amide bonds. The van der Waals surface area contributed by atoms with Crippen molar-refractivity contribution in [1.82, 2.24) is 24.6 Å². The van der Waals surface area contributed by atoms with Gasteiger partial charge in [0.25, 0.3) is 5.91 Å². The van der Waals surface area contributed by atoms with Crippen LogP contribution in [0.25, 0.3) is 11.4 Å². The van der Waals surface area contributed by atoms with E-state index in [0.29, 0.717) is 24.5 Å². The number of carbonyl (C=O) groups is 1. The highest BCUT2D eigenvalue weighted by molar-refractivity contribution is 6.05. The number of fused-ring (bicyclic) bond motifs is 3. The molecular formula is C31H43N7O3. The van der Waals surface area contributed by atoms with Gasteiger partial charge in [0.1, 0.15) is 0 Å². The fraction of sp³-hybridized carbons (Fsp3) is 0.548. The van der Waals surface area contributed by atoms with Crippen molar-refractivity contribution >= 4 is 17.5 Å². The smallest absolute Gasteiger partial charge is 0.276 e. The van der Waals surface area contributed by atoms with Gasteiger partial charge in [-0.1, -0.05) is 26.0 Å². The van der Waals surface area contributed by atoms with Gasteiger partial charge in [0.05, 0.1) is 17.0 Å². The average molecular weight is 562 g/mol. The lowest BCUT2D eigenvalue weighted by molar-refractivity contribution is -0.175. The molecule has 0 bridgehead atoms. The number of nitrogens with two attached hydrogens (primary N) is 1. The second-order valence-electron chi connectivity index (χ2n) is 13.2. The zero-order valence-corrected chi connectivity index (χ0v) is 25.1. The van der Waals surface area contributed by atoms with Gasteiger partial charge in [0.15, 0.2) is 12.0 Å². The maximum absolute atomic E-state index is 13.6. The Morgan fingerprint density at radius 2 is 2.00 bits per heavy atom. The Bertz CT molecular complexity index is 1420. The first-order chi connectivity index (χ1) is 19.3. The fourth-order valence-corrected chi connectivity index (χ4v) is 6.23. The van der Waals surface area contributed by atoms with Crippen LogP contribution in [0.3, 0.4) is 0 Å². The summed E-state index contributed by atoms with van der Waals surface area (Å²) in [5, 5.41) is 18.0. The summed E-state index contributed by atoms with van der Waals surface area (Å²) in [6, 6.07) is 8.02. The zero-order chi connectivity index (χ0) is 29.5. The van der Waals surface area contributed by atoms with Gasteiger partial charge in [-0.05, 0) is 87.7 Å². The Hall–Kier alpha value is -3.34. The number of nitrogens with one attached hydrogen (secondary N) is 1. The Labute approximate surface area is 242 Å². The molecule has 3 aromatic rings. The Morgan fingerprint density at radius 3 is 2.71 bits per heavy atom. The number of piperidine rings is 1. The maximum atomic E-state index is 13.6. The van der Waals surface area contributed by atoms with Crippen molar-refractivity contribution in [2.75, 3.05) is 24.1 Å². The molecule has 5 rings (SSSR count). The largest absolute Gasteiger partial charge is 0.368 e. The zero-order valence-electron chi connectivity index (χ0n) is 25.1. The Kier molecular flexibility index (Phi) is 7.93. The summed E-state index contributed by atoms with van der Waals surface area (Å²) in [5.41, 5.74) is 10.9. The number of nitrogens with zero attached hydrogens (tertiary/aromatic N) is 5. The highest BCUT2D eigenvalue weighted by atomic mass is 16.6. The number of aliphatic hydroxyl groups excluding tert-OH is 1. The molecule has 0 saturated carbocycles. The summed E-state index contributed by atoms with van der Waals surface area (Å²) >= 11 is 0. The Morgan fingerprint density at radius 1 is 1.27 bits per heavy atom. The van der Waals surface area contributed by atoms with E-state index in [1.807, 2.05) is 46.0 Å². The third kappa shape index (κ3) is 6.60. The van der Waals surface area contributed by atoms with E-state index >= 15 is 0 Å². The molecule has 10 nitrogen and oxygen atoms in total. The molecule has 1 aliphatic heterocycles. The molecule has 1 aliphatic carbocycles. The fourth-order valence-electron chi connectivity index (χ4n) is 6.23. The minimum Gasteiger partial charge on any atom is -0.368 e. The predicted octanol–water partition coefficient (Wildman–Crippen LogP) is 4.28. The molecule has 4 N–H and O–H groups in total. The quantitative estimate of drug-likeness (QED) is 0.364. The number of nitrogen functional groups attached to an aromatic ring is 1. The van der Waals surface area contributed by atoms with Crippen molar-refractivity contribution in [2.45, 2.75) is 84.2 Å². The van der Waals surface area contributed by atoms with E-state index in [-0.39, 0.29) is 22.9 Å². The molecule has 2 aromatic heterocycles. The normalized spacial score (nSPS) is 18.0. The lowest BCUT2D eigenvalue weighted by Gasteiger charge is -2.34. The molecule has 2 aliphatic rings. The van der Waals surface area contributed by atoms with Crippen LogP contribution in [-0.2, 0) is 30.2 Å². The van der Waals surface area contributed by atoms with E-state index in [1.54, 1.807) is 10.9 Å². The van der Waals surface area contributed by atoms with Crippen molar-refractivity contribution in [3.63, 3.8) is 0 Å². The van der Waals surface area contributed by atoms with Crippen LogP contribution in [0.15, 0.2) is 30.5 Å². The molecule has 0 spiro atoms. The molecule has 1 fully saturated rings. The molecular weight excluding hydrogens is 518 g/mol. The Balaban J connectivity index is 1.24. The van der Waals surface area contributed by atoms with Crippen LogP contribution < -0.4 is 11.1 Å². The summed E-state index contributed by atoms with van der Waals surface area (Å²) in [7, 11) is 1.83. The molecule has 10 heteroatoms. The first-order valence-electron chi connectivity index (χ1n) is 14.5. The van der Waals surface area contributed by atoms with Crippen LogP contribution in [0.4, 0.5) is 11.6 Å². The van der Waals surface area contributed by atoms with E-state index in [9.17, 15) is 9.90 Å². The second-order valence-corrected chi connectivity index (χ2v) is 13.2. The van der Waals surface area contributed by atoms with Gasteiger partial charge in [-0.2, -0.15) is 5.10 Å². The predicted molar refractivity (Wildman–Crippen MR) is 159 cm³/mol. The minimum atomic E-state index is -0.719. The molecule has 1 saturated heterocycles. The van der Waals surface area contributed by atoms with Crippen molar-refractivity contribution in [3.05, 3.63) is 52.8 Å². The second kappa shape index (κ2) is 11.2. The summed E-state index contributed by atoms with van der Waals surface area (Å²) in [6.45, 7) is 12.9. The van der Waals surface area contributed by atoms with Crippen LogP contribution in [0.1, 0.15) is 81.1 Å². The van der Waals surface area contributed by atoms with Gasteiger partial charge in [-0.3, -0.25) is 14.4 Å². The molecule has 1 atom stereocenters. The first-order valence-corrected chi connectivity index (χ1v) is 14.5. The number of aliphatic hydroxyl groups is 1. The van der Waals surface area contributed by atoms with Crippen LogP contribution in [-0.4, -0.2) is 60.6 Å². The number of amides is 1. The number of hydrogen-bond donors (Lipinski definition) is 3. The lowest BCUT2D eigenvalue weighted by Crippen LogP contribution is -2.36. The van der Waals surface area contributed by atoms with Gasteiger partial charge in [-0.15, -0.1) is 0 Å². The van der Waals surface area contributed by atoms with E-state index in [0.717, 1.165) is 66.2 Å². The van der Waals surface area contributed by atoms with Crippen LogP contribution in [0, 0.1) is 5.92 Å².